The summed E-state index contributed by atoms with van der Waals surface area (Å²) in [5, 5.41) is 0. The zero-order valence-corrected chi connectivity index (χ0v) is 16.7. The summed E-state index contributed by atoms with van der Waals surface area (Å²) in [6.45, 7) is 11.5. The van der Waals surface area contributed by atoms with E-state index in [1.165, 1.54) is 0 Å². The molecule has 5 nitrogen and oxygen atoms in total. The van der Waals surface area contributed by atoms with Gasteiger partial charge in [0.15, 0.2) is 0 Å². The maximum Gasteiger partial charge on any atom is 0.243 e. The molecule has 2 rings (SSSR count). The Morgan fingerprint density at radius 1 is 1.08 bits per heavy atom. The van der Waals surface area contributed by atoms with Crippen LogP contribution in [0.25, 0.3) is 0 Å². The predicted octanol–water partition coefficient (Wildman–Crippen LogP) is 2.28. The second-order valence-electron chi connectivity index (χ2n) is 7.39. The zero-order chi connectivity index (χ0) is 17.3. The molecule has 0 amide bonds. The highest BCUT2D eigenvalue weighted by Crippen LogP contribution is 2.21. The Morgan fingerprint density at radius 3 is 2.00 bits per heavy atom. The third kappa shape index (κ3) is 5.43. The quantitative estimate of drug-likeness (QED) is 0.857. The van der Waals surface area contributed by atoms with E-state index in [1.807, 2.05) is 26.0 Å². The van der Waals surface area contributed by atoms with Crippen LogP contribution in [0.4, 0.5) is 0 Å². The van der Waals surface area contributed by atoms with Crippen molar-refractivity contribution >= 4 is 22.4 Å². The third-order valence-corrected chi connectivity index (χ3v) is 6.06. The van der Waals surface area contributed by atoms with Crippen LogP contribution in [-0.4, -0.2) is 55.9 Å². The first-order valence-corrected chi connectivity index (χ1v) is 9.65. The lowest BCUT2D eigenvalue weighted by atomic mass is 10.0. The fourth-order valence-corrected chi connectivity index (χ4v) is 4.30. The van der Waals surface area contributed by atoms with Crippen molar-refractivity contribution in [3.63, 3.8) is 0 Å². The fraction of sp³-hybridized carbons (Fsp3) is 0.647. The fourth-order valence-electron chi connectivity index (χ4n) is 2.88. The van der Waals surface area contributed by atoms with Crippen molar-refractivity contribution in [3.8, 4) is 0 Å². The van der Waals surface area contributed by atoms with Gasteiger partial charge in [0, 0.05) is 38.3 Å². The summed E-state index contributed by atoms with van der Waals surface area (Å²) < 4.78 is 27.1. The first kappa shape index (κ1) is 21.4. The summed E-state index contributed by atoms with van der Waals surface area (Å²) in [7, 11) is -3.40. The van der Waals surface area contributed by atoms with Gasteiger partial charge in [0.1, 0.15) is 0 Å². The highest BCUT2D eigenvalue weighted by atomic mass is 35.5. The topological polar surface area (TPSA) is 66.6 Å². The molecule has 1 fully saturated rings. The van der Waals surface area contributed by atoms with Gasteiger partial charge in [0.25, 0.3) is 0 Å². The van der Waals surface area contributed by atoms with Crippen LogP contribution in [-0.2, 0) is 10.0 Å². The first-order valence-electron chi connectivity index (χ1n) is 8.21. The van der Waals surface area contributed by atoms with Gasteiger partial charge in [-0.05, 0) is 37.5 Å². The molecule has 24 heavy (non-hydrogen) atoms. The van der Waals surface area contributed by atoms with Crippen LogP contribution in [0.15, 0.2) is 29.2 Å². The molecule has 0 aromatic heterocycles. The van der Waals surface area contributed by atoms with Crippen molar-refractivity contribution in [1.82, 2.24) is 9.21 Å². The minimum Gasteiger partial charge on any atom is -0.324 e. The highest BCUT2D eigenvalue weighted by molar-refractivity contribution is 7.89. The van der Waals surface area contributed by atoms with Crippen LogP contribution < -0.4 is 5.73 Å². The number of nitrogens with zero attached hydrogens (tertiary/aromatic N) is 2. The lowest BCUT2D eigenvalue weighted by Crippen LogP contribution is -2.53. The number of benzene rings is 1. The molecule has 0 aliphatic carbocycles. The summed E-state index contributed by atoms with van der Waals surface area (Å²) in [4.78, 5) is 2.61. The van der Waals surface area contributed by atoms with Crippen molar-refractivity contribution in [3.05, 3.63) is 29.8 Å². The molecule has 0 saturated carbocycles. The molecule has 1 heterocycles. The Morgan fingerprint density at radius 2 is 1.58 bits per heavy atom. The predicted molar refractivity (Wildman–Crippen MR) is 101 cm³/mol. The molecule has 7 heteroatoms. The zero-order valence-electron chi connectivity index (χ0n) is 15.0. The van der Waals surface area contributed by atoms with E-state index in [9.17, 15) is 8.42 Å². The normalized spacial score (nSPS) is 17.8. The van der Waals surface area contributed by atoms with Crippen molar-refractivity contribution in [2.75, 3.05) is 32.7 Å². The largest absolute Gasteiger partial charge is 0.324 e. The highest BCUT2D eigenvalue weighted by Gasteiger charge is 2.29. The molecule has 0 bridgehead atoms. The lowest BCUT2D eigenvalue weighted by Gasteiger charge is -2.37. The van der Waals surface area contributed by atoms with Crippen LogP contribution in [0.1, 0.15) is 39.2 Å². The molecule has 1 aromatic rings. The molecule has 138 valence electrons. The van der Waals surface area contributed by atoms with E-state index < -0.39 is 10.0 Å². The van der Waals surface area contributed by atoms with Gasteiger partial charge in [0.2, 0.25) is 10.0 Å². The molecule has 1 saturated heterocycles. The maximum absolute atomic E-state index is 12.7. The Hall–Kier alpha value is -0.660. The molecule has 1 aliphatic heterocycles. The van der Waals surface area contributed by atoms with Crippen LogP contribution in [0.3, 0.4) is 0 Å². The third-order valence-electron chi connectivity index (χ3n) is 4.15. The number of nitrogens with two attached hydrogens (primary N) is 1. The van der Waals surface area contributed by atoms with Crippen molar-refractivity contribution in [2.24, 2.45) is 5.73 Å². The molecule has 1 aliphatic rings. The van der Waals surface area contributed by atoms with Gasteiger partial charge in [-0.2, -0.15) is 4.31 Å². The smallest absolute Gasteiger partial charge is 0.243 e. The molecule has 0 radical (unpaired) electrons. The monoisotopic (exact) mass is 375 g/mol. The number of hydrogen-bond acceptors (Lipinski definition) is 4. The Labute approximate surface area is 152 Å². The van der Waals surface area contributed by atoms with E-state index in [-0.39, 0.29) is 17.9 Å². The second-order valence-corrected chi connectivity index (χ2v) is 9.33. The lowest BCUT2D eigenvalue weighted by molar-refractivity contribution is 0.162. The summed E-state index contributed by atoms with van der Waals surface area (Å²) in [5.41, 5.74) is 6.94. The van der Waals surface area contributed by atoms with Gasteiger partial charge in [0.05, 0.1) is 4.90 Å². The molecule has 0 atom stereocenters. The van der Waals surface area contributed by atoms with Crippen LogP contribution >= 0.6 is 12.4 Å². The minimum atomic E-state index is -3.40. The second kappa shape index (κ2) is 8.15. The first-order chi connectivity index (χ1) is 10.6. The van der Waals surface area contributed by atoms with Gasteiger partial charge in [-0.3, -0.25) is 4.90 Å². The van der Waals surface area contributed by atoms with E-state index in [1.54, 1.807) is 16.4 Å². The van der Waals surface area contributed by atoms with Gasteiger partial charge in [-0.1, -0.05) is 26.0 Å². The van der Waals surface area contributed by atoms with Crippen molar-refractivity contribution in [1.29, 1.82) is 0 Å². The number of hydrogen-bond donors (Lipinski definition) is 1. The number of sulfonamides is 1. The molecule has 2 N–H and O–H groups in total. The van der Waals surface area contributed by atoms with Gasteiger partial charge in [-0.25, -0.2) is 8.42 Å². The van der Waals surface area contributed by atoms with E-state index in [2.05, 4.69) is 18.7 Å². The van der Waals surface area contributed by atoms with Crippen LogP contribution in [0.5, 0.6) is 0 Å². The SMILES string of the molecule is CC(C)c1ccc(S(=O)(=O)N2CCN(CC(C)(C)N)CC2)cc1.Cl. The summed E-state index contributed by atoms with van der Waals surface area (Å²) in [6, 6.07) is 7.26. The maximum atomic E-state index is 12.7. The minimum absolute atomic E-state index is 0. The molecular weight excluding hydrogens is 346 g/mol. The molecule has 0 spiro atoms. The standard InChI is InChI=1S/C17H29N3O2S.ClH/c1-14(2)15-5-7-16(8-6-15)23(21,22)20-11-9-19(10-12-20)13-17(3,4)18;/h5-8,14H,9-13,18H2,1-4H3;1H. The number of piperazine rings is 1. The Bertz CT molecular complexity index is 616. The van der Waals surface area contributed by atoms with Gasteiger partial charge < -0.3 is 5.73 Å². The summed E-state index contributed by atoms with van der Waals surface area (Å²) in [6.07, 6.45) is 0. The van der Waals surface area contributed by atoms with E-state index >= 15 is 0 Å². The molecule has 0 unspecified atom stereocenters. The van der Waals surface area contributed by atoms with Crippen LogP contribution in [0, 0.1) is 0 Å². The van der Waals surface area contributed by atoms with E-state index in [0.29, 0.717) is 23.9 Å². The van der Waals surface area contributed by atoms with Gasteiger partial charge >= 0.3 is 0 Å². The van der Waals surface area contributed by atoms with Crippen LogP contribution in [0.2, 0.25) is 0 Å². The van der Waals surface area contributed by atoms with Crippen molar-refractivity contribution < 1.29 is 8.42 Å². The number of halogens is 1. The summed E-state index contributed by atoms with van der Waals surface area (Å²) in [5.74, 6) is 0.398. The number of rotatable bonds is 5. The average Bonchev–Trinajstić information content (AvgIpc) is 2.46. The molecule has 1 aromatic carbocycles. The van der Waals surface area contributed by atoms with Crippen molar-refractivity contribution in [2.45, 2.75) is 44.0 Å². The van der Waals surface area contributed by atoms with E-state index in [4.69, 9.17) is 5.73 Å². The Kier molecular flexibility index (Phi) is 7.26. The Balaban J connectivity index is 0.00000288. The van der Waals surface area contributed by atoms with Gasteiger partial charge in [-0.15, -0.1) is 12.4 Å². The van der Waals surface area contributed by atoms with E-state index in [0.717, 1.165) is 25.2 Å². The summed E-state index contributed by atoms with van der Waals surface area (Å²) >= 11 is 0. The average molecular weight is 376 g/mol. The molecular formula is C17H30ClN3O2S.